The van der Waals surface area contributed by atoms with Gasteiger partial charge in [0, 0.05) is 11.9 Å². The number of nitrogens with zero attached hydrogens (tertiary/aromatic N) is 1. The van der Waals surface area contributed by atoms with E-state index in [-0.39, 0.29) is 0 Å². The summed E-state index contributed by atoms with van der Waals surface area (Å²) in [7, 11) is 0. The smallest absolute Gasteiger partial charge is 0.187 e. The molecular formula is C13H10ClN3S. The van der Waals surface area contributed by atoms with Gasteiger partial charge >= 0.3 is 0 Å². The number of fused-ring (bicyclic) bond motifs is 1. The number of amidine groups is 1. The fraction of sp³-hybridized carbons (Fsp3) is 0. The molecule has 0 spiro atoms. The van der Waals surface area contributed by atoms with Crippen molar-refractivity contribution in [1.29, 1.82) is 0 Å². The van der Waals surface area contributed by atoms with Crippen molar-refractivity contribution < 1.29 is 0 Å². The molecule has 0 amide bonds. The lowest BCUT2D eigenvalue weighted by Crippen LogP contribution is -2.16. The molecule has 2 N–H and O–H groups in total. The predicted octanol–water partition coefficient (Wildman–Crippen LogP) is 4.51. The number of halogens is 1. The fourth-order valence-corrected chi connectivity index (χ4v) is 2.50. The number of rotatable bonds is 1. The molecule has 2 aromatic carbocycles. The van der Waals surface area contributed by atoms with Crippen molar-refractivity contribution in [1.82, 2.24) is 0 Å². The number of para-hydroxylation sites is 3. The van der Waals surface area contributed by atoms with Crippen molar-refractivity contribution in [3.8, 4) is 0 Å². The van der Waals surface area contributed by atoms with E-state index in [1.807, 2.05) is 48.5 Å². The Morgan fingerprint density at radius 2 is 1.67 bits per heavy atom. The zero-order chi connectivity index (χ0) is 12.4. The van der Waals surface area contributed by atoms with Crippen molar-refractivity contribution in [2.75, 3.05) is 10.0 Å². The van der Waals surface area contributed by atoms with Crippen LogP contribution in [0.15, 0.2) is 53.5 Å². The monoisotopic (exact) mass is 275 g/mol. The molecule has 0 aliphatic carbocycles. The Hall–Kier alpha value is -1.65. The summed E-state index contributed by atoms with van der Waals surface area (Å²) in [6.45, 7) is 0. The van der Waals surface area contributed by atoms with Gasteiger partial charge in [0.1, 0.15) is 0 Å². The van der Waals surface area contributed by atoms with Crippen molar-refractivity contribution in [3.05, 3.63) is 53.6 Å². The SMILES string of the molecule is Clc1ccccc1N=C1Nc2ccccc2NS1. The largest absolute Gasteiger partial charge is 0.332 e. The number of benzene rings is 2. The highest BCUT2D eigenvalue weighted by Crippen LogP contribution is 2.32. The average Bonchev–Trinajstić information content (AvgIpc) is 2.41. The van der Waals surface area contributed by atoms with Crippen molar-refractivity contribution >= 4 is 45.8 Å². The average molecular weight is 276 g/mol. The topological polar surface area (TPSA) is 36.4 Å². The van der Waals surface area contributed by atoms with E-state index >= 15 is 0 Å². The van der Waals surface area contributed by atoms with Gasteiger partial charge in [-0.3, -0.25) is 0 Å². The summed E-state index contributed by atoms with van der Waals surface area (Å²) in [4.78, 5) is 4.49. The molecule has 0 saturated heterocycles. The van der Waals surface area contributed by atoms with Crippen LogP contribution in [0.1, 0.15) is 0 Å². The molecule has 0 aromatic heterocycles. The van der Waals surface area contributed by atoms with E-state index in [4.69, 9.17) is 11.6 Å². The molecule has 0 bridgehead atoms. The molecule has 0 unspecified atom stereocenters. The Labute approximate surface area is 114 Å². The molecule has 1 aliphatic rings. The first kappa shape index (κ1) is 11.4. The highest BCUT2D eigenvalue weighted by atomic mass is 35.5. The molecule has 1 aliphatic heterocycles. The van der Waals surface area contributed by atoms with Crippen LogP contribution in [0.3, 0.4) is 0 Å². The minimum Gasteiger partial charge on any atom is -0.332 e. The van der Waals surface area contributed by atoms with Crippen LogP contribution in [-0.4, -0.2) is 5.17 Å². The second-order valence-electron chi connectivity index (χ2n) is 3.74. The normalized spacial score (nSPS) is 15.7. The van der Waals surface area contributed by atoms with Crippen LogP contribution >= 0.6 is 23.5 Å². The van der Waals surface area contributed by atoms with Crippen LogP contribution in [0.5, 0.6) is 0 Å². The molecule has 0 atom stereocenters. The summed E-state index contributed by atoms with van der Waals surface area (Å²) in [5.74, 6) is 0. The second-order valence-corrected chi connectivity index (χ2v) is 4.95. The number of nitrogens with one attached hydrogen (secondary N) is 2. The van der Waals surface area contributed by atoms with E-state index in [0.29, 0.717) is 5.02 Å². The number of hydrogen-bond acceptors (Lipinski definition) is 3. The molecule has 3 rings (SSSR count). The molecule has 90 valence electrons. The Morgan fingerprint density at radius 3 is 2.50 bits per heavy atom. The predicted molar refractivity (Wildman–Crippen MR) is 79.8 cm³/mol. The maximum Gasteiger partial charge on any atom is 0.187 e. The summed E-state index contributed by atoms with van der Waals surface area (Å²) in [5, 5.41) is 4.69. The Balaban J connectivity index is 1.90. The van der Waals surface area contributed by atoms with E-state index in [2.05, 4.69) is 15.0 Å². The van der Waals surface area contributed by atoms with Gasteiger partial charge in [0.25, 0.3) is 0 Å². The molecule has 3 nitrogen and oxygen atoms in total. The summed E-state index contributed by atoms with van der Waals surface area (Å²) in [5.41, 5.74) is 2.83. The van der Waals surface area contributed by atoms with Gasteiger partial charge in [-0.25, -0.2) is 4.99 Å². The van der Waals surface area contributed by atoms with E-state index < -0.39 is 0 Å². The Morgan fingerprint density at radius 1 is 0.944 bits per heavy atom. The summed E-state index contributed by atoms with van der Waals surface area (Å²) < 4.78 is 3.23. The molecule has 18 heavy (non-hydrogen) atoms. The molecule has 0 fully saturated rings. The molecule has 0 radical (unpaired) electrons. The van der Waals surface area contributed by atoms with Crippen LogP contribution in [0, 0.1) is 0 Å². The van der Waals surface area contributed by atoms with Crippen molar-refractivity contribution in [3.63, 3.8) is 0 Å². The van der Waals surface area contributed by atoms with Crippen LogP contribution in [-0.2, 0) is 0 Å². The molecule has 1 heterocycles. The van der Waals surface area contributed by atoms with Crippen LogP contribution in [0.4, 0.5) is 17.1 Å². The first-order valence-electron chi connectivity index (χ1n) is 5.45. The third kappa shape index (κ3) is 2.30. The van der Waals surface area contributed by atoms with Gasteiger partial charge in [0.15, 0.2) is 5.17 Å². The Bertz CT molecular complexity index is 613. The van der Waals surface area contributed by atoms with E-state index in [9.17, 15) is 0 Å². The van der Waals surface area contributed by atoms with E-state index in [1.165, 1.54) is 11.9 Å². The van der Waals surface area contributed by atoms with Gasteiger partial charge in [0.2, 0.25) is 0 Å². The quantitative estimate of drug-likeness (QED) is 0.752. The molecule has 5 heteroatoms. The minimum absolute atomic E-state index is 0.645. The van der Waals surface area contributed by atoms with E-state index in [0.717, 1.165) is 22.2 Å². The van der Waals surface area contributed by atoms with Gasteiger partial charge < -0.3 is 10.0 Å². The highest BCUT2D eigenvalue weighted by Gasteiger charge is 2.13. The van der Waals surface area contributed by atoms with Gasteiger partial charge in [-0.2, -0.15) is 0 Å². The lowest BCUT2D eigenvalue weighted by atomic mass is 10.3. The molecule has 0 saturated carbocycles. The lowest BCUT2D eigenvalue weighted by Gasteiger charge is -2.19. The van der Waals surface area contributed by atoms with E-state index in [1.54, 1.807) is 0 Å². The third-order valence-electron chi connectivity index (χ3n) is 2.50. The highest BCUT2D eigenvalue weighted by molar-refractivity contribution is 8.15. The maximum absolute atomic E-state index is 6.08. The standard InChI is InChI=1S/C13H10ClN3S/c14-9-5-1-2-6-10(9)15-13-16-11-7-3-4-8-12(11)17-18-13/h1-8,17H,(H,15,16). The van der Waals surface area contributed by atoms with Crippen LogP contribution < -0.4 is 10.0 Å². The van der Waals surface area contributed by atoms with Gasteiger partial charge in [-0.15, -0.1) is 0 Å². The van der Waals surface area contributed by atoms with Gasteiger partial charge in [-0.1, -0.05) is 35.9 Å². The zero-order valence-electron chi connectivity index (χ0n) is 9.35. The zero-order valence-corrected chi connectivity index (χ0v) is 10.9. The number of aliphatic imine (C=N–C) groups is 1. The number of hydrogen-bond donors (Lipinski definition) is 2. The number of anilines is 2. The lowest BCUT2D eigenvalue weighted by molar-refractivity contribution is 1.50. The first-order valence-corrected chi connectivity index (χ1v) is 6.64. The first-order chi connectivity index (χ1) is 8.83. The van der Waals surface area contributed by atoms with Crippen LogP contribution in [0.25, 0.3) is 0 Å². The second kappa shape index (κ2) is 4.92. The van der Waals surface area contributed by atoms with Crippen LogP contribution in [0.2, 0.25) is 5.02 Å². The van der Waals surface area contributed by atoms with Crippen molar-refractivity contribution in [2.45, 2.75) is 0 Å². The summed E-state index contributed by atoms with van der Waals surface area (Å²) in [6, 6.07) is 15.5. The summed E-state index contributed by atoms with van der Waals surface area (Å²) in [6.07, 6.45) is 0. The Kier molecular flexibility index (Phi) is 3.13. The third-order valence-corrected chi connectivity index (χ3v) is 3.53. The fourth-order valence-electron chi connectivity index (χ4n) is 1.63. The molecule has 2 aromatic rings. The molecular weight excluding hydrogens is 266 g/mol. The van der Waals surface area contributed by atoms with Crippen molar-refractivity contribution in [2.24, 2.45) is 4.99 Å². The van der Waals surface area contributed by atoms with Gasteiger partial charge in [-0.05, 0) is 24.3 Å². The van der Waals surface area contributed by atoms with Gasteiger partial charge in [0.05, 0.1) is 22.1 Å². The minimum atomic E-state index is 0.645. The summed E-state index contributed by atoms with van der Waals surface area (Å²) >= 11 is 7.52. The maximum atomic E-state index is 6.08.